The van der Waals surface area contributed by atoms with Crippen LogP contribution < -0.4 is 0 Å². The number of hydrogen-bond acceptors (Lipinski definition) is 4. The highest BCUT2D eigenvalue weighted by molar-refractivity contribution is 5.03. The summed E-state index contributed by atoms with van der Waals surface area (Å²) >= 11 is 0. The van der Waals surface area contributed by atoms with Gasteiger partial charge in [-0.15, -0.1) is 0 Å². The Balaban J connectivity index is 4.21. The largest absolute Gasteiger partial charge is 0.394 e. The Bertz CT molecular complexity index is 207. The van der Waals surface area contributed by atoms with Crippen LogP contribution in [0.3, 0.4) is 0 Å². The Morgan fingerprint density at radius 3 is 2.54 bits per heavy atom. The lowest BCUT2D eigenvalue weighted by atomic mass is 9.93. The Labute approximate surface area is 79.3 Å². The van der Waals surface area contributed by atoms with Crippen LogP contribution in [0.15, 0.2) is 10.2 Å². The molecule has 0 aliphatic carbocycles. The predicted octanol–water partition coefficient (Wildman–Crippen LogP) is 1.76. The highest BCUT2D eigenvalue weighted by Crippen LogP contribution is 2.20. The van der Waals surface area contributed by atoms with Crippen LogP contribution in [-0.4, -0.2) is 23.8 Å². The summed E-state index contributed by atoms with van der Waals surface area (Å²) < 4.78 is 0. The normalized spacial score (nSPS) is 16.0. The zero-order chi connectivity index (χ0) is 10.3. The standard InChI is InChI=1S/C9H17N3O/c1-8(2)6-9(3,7-10)12-11-4-5-13/h8,13H,4-6H2,1-3H3. The number of rotatable bonds is 5. The molecule has 74 valence electrons. The third-order valence-corrected chi connectivity index (χ3v) is 1.54. The van der Waals surface area contributed by atoms with Gasteiger partial charge < -0.3 is 5.11 Å². The monoisotopic (exact) mass is 183 g/mol. The van der Waals surface area contributed by atoms with Crippen LogP contribution in [0.2, 0.25) is 0 Å². The van der Waals surface area contributed by atoms with Gasteiger partial charge in [0.1, 0.15) is 0 Å². The average molecular weight is 183 g/mol. The molecule has 0 fully saturated rings. The van der Waals surface area contributed by atoms with Crippen molar-refractivity contribution >= 4 is 0 Å². The van der Waals surface area contributed by atoms with E-state index >= 15 is 0 Å². The fraction of sp³-hybridized carbons (Fsp3) is 0.889. The zero-order valence-electron chi connectivity index (χ0n) is 8.49. The molecule has 0 radical (unpaired) electrons. The van der Waals surface area contributed by atoms with Crippen molar-refractivity contribution < 1.29 is 5.11 Å². The molecule has 1 N–H and O–H groups in total. The van der Waals surface area contributed by atoms with Crippen molar-refractivity contribution in [1.82, 2.24) is 0 Å². The number of nitriles is 1. The molecule has 0 aliphatic heterocycles. The van der Waals surface area contributed by atoms with Crippen LogP contribution in [0, 0.1) is 17.2 Å². The van der Waals surface area contributed by atoms with Gasteiger partial charge in [-0.2, -0.15) is 15.5 Å². The van der Waals surface area contributed by atoms with Crippen LogP contribution in [-0.2, 0) is 0 Å². The molecule has 0 bridgehead atoms. The molecule has 0 saturated carbocycles. The van der Waals surface area contributed by atoms with Crippen LogP contribution >= 0.6 is 0 Å². The minimum atomic E-state index is -0.733. The molecule has 0 spiro atoms. The van der Waals surface area contributed by atoms with E-state index in [-0.39, 0.29) is 13.2 Å². The summed E-state index contributed by atoms with van der Waals surface area (Å²) in [4.78, 5) is 0. The maximum atomic E-state index is 8.87. The van der Waals surface area contributed by atoms with Crippen molar-refractivity contribution in [3.05, 3.63) is 0 Å². The molecule has 0 aliphatic rings. The lowest BCUT2D eigenvalue weighted by Crippen LogP contribution is -2.21. The number of aliphatic hydroxyl groups excluding tert-OH is 1. The lowest BCUT2D eigenvalue weighted by molar-refractivity contribution is 0.301. The van der Waals surface area contributed by atoms with Crippen molar-refractivity contribution in [1.29, 1.82) is 5.26 Å². The molecule has 4 nitrogen and oxygen atoms in total. The molecule has 0 aromatic heterocycles. The van der Waals surface area contributed by atoms with E-state index in [0.29, 0.717) is 12.3 Å². The van der Waals surface area contributed by atoms with Crippen LogP contribution in [0.5, 0.6) is 0 Å². The van der Waals surface area contributed by atoms with E-state index in [1.54, 1.807) is 6.92 Å². The maximum absolute atomic E-state index is 8.87. The number of aliphatic hydroxyl groups is 1. The van der Waals surface area contributed by atoms with E-state index < -0.39 is 5.54 Å². The van der Waals surface area contributed by atoms with E-state index in [2.05, 4.69) is 16.3 Å². The van der Waals surface area contributed by atoms with Gasteiger partial charge in [-0.3, -0.25) is 0 Å². The van der Waals surface area contributed by atoms with Gasteiger partial charge in [-0.05, 0) is 19.3 Å². The number of nitrogens with zero attached hydrogens (tertiary/aromatic N) is 3. The zero-order valence-corrected chi connectivity index (χ0v) is 8.49. The van der Waals surface area contributed by atoms with Crippen molar-refractivity contribution in [2.75, 3.05) is 13.2 Å². The molecule has 0 aromatic carbocycles. The SMILES string of the molecule is CC(C)CC(C)(C#N)N=NCCO. The molecular formula is C9H17N3O. The van der Waals surface area contributed by atoms with E-state index in [1.807, 2.05) is 13.8 Å². The fourth-order valence-electron chi connectivity index (χ4n) is 1.15. The van der Waals surface area contributed by atoms with E-state index in [1.165, 1.54) is 0 Å². The van der Waals surface area contributed by atoms with E-state index in [9.17, 15) is 0 Å². The number of azo groups is 1. The summed E-state index contributed by atoms with van der Waals surface area (Å²) in [5, 5.41) is 25.0. The summed E-state index contributed by atoms with van der Waals surface area (Å²) in [5.41, 5.74) is -0.733. The third-order valence-electron chi connectivity index (χ3n) is 1.54. The van der Waals surface area contributed by atoms with Gasteiger partial charge in [0.2, 0.25) is 0 Å². The molecule has 13 heavy (non-hydrogen) atoms. The molecule has 1 unspecified atom stereocenters. The summed E-state index contributed by atoms with van der Waals surface area (Å²) in [7, 11) is 0. The quantitative estimate of drug-likeness (QED) is 0.660. The van der Waals surface area contributed by atoms with Crippen LogP contribution in [0.25, 0.3) is 0 Å². The second-order valence-electron chi connectivity index (χ2n) is 3.67. The summed E-state index contributed by atoms with van der Waals surface area (Å²) in [6, 6.07) is 2.13. The van der Waals surface area contributed by atoms with Gasteiger partial charge in [-0.25, -0.2) is 0 Å². The van der Waals surface area contributed by atoms with Crippen molar-refractivity contribution in [2.45, 2.75) is 32.7 Å². The van der Waals surface area contributed by atoms with E-state index in [0.717, 1.165) is 0 Å². The molecule has 0 aromatic rings. The second kappa shape index (κ2) is 5.65. The average Bonchev–Trinajstić information content (AvgIpc) is 2.04. The predicted molar refractivity (Wildman–Crippen MR) is 50.3 cm³/mol. The van der Waals surface area contributed by atoms with Gasteiger partial charge in [-0.1, -0.05) is 13.8 Å². The van der Waals surface area contributed by atoms with Gasteiger partial charge in [0.05, 0.1) is 19.2 Å². The Hall–Kier alpha value is -0.950. The van der Waals surface area contributed by atoms with Crippen LogP contribution in [0.4, 0.5) is 0 Å². The topological polar surface area (TPSA) is 68.7 Å². The van der Waals surface area contributed by atoms with Gasteiger partial charge in [0.25, 0.3) is 0 Å². The first-order chi connectivity index (χ1) is 6.04. The summed E-state index contributed by atoms with van der Waals surface area (Å²) in [5.74, 6) is 0.415. The van der Waals surface area contributed by atoms with Crippen molar-refractivity contribution in [3.63, 3.8) is 0 Å². The fourth-order valence-corrected chi connectivity index (χ4v) is 1.15. The van der Waals surface area contributed by atoms with Gasteiger partial charge in [0, 0.05) is 0 Å². The maximum Gasteiger partial charge on any atom is 0.164 e. The van der Waals surface area contributed by atoms with Gasteiger partial charge in [0.15, 0.2) is 5.54 Å². The minimum Gasteiger partial charge on any atom is -0.394 e. The van der Waals surface area contributed by atoms with E-state index in [4.69, 9.17) is 10.4 Å². The second-order valence-corrected chi connectivity index (χ2v) is 3.67. The molecule has 4 heteroatoms. The molecule has 0 heterocycles. The highest BCUT2D eigenvalue weighted by Gasteiger charge is 2.24. The minimum absolute atomic E-state index is 0.0211. The Morgan fingerprint density at radius 1 is 1.54 bits per heavy atom. The van der Waals surface area contributed by atoms with Crippen molar-refractivity contribution in [2.24, 2.45) is 16.1 Å². The van der Waals surface area contributed by atoms with Gasteiger partial charge >= 0.3 is 0 Å². The molecule has 1 atom stereocenters. The molecule has 0 rings (SSSR count). The molecule has 0 saturated heterocycles. The first kappa shape index (κ1) is 12.0. The third kappa shape index (κ3) is 5.31. The number of hydrogen-bond donors (Lipinski definition) is 1. The van der Waals surface area contributed by atoms with Crippen LogP contribution in [0.1, 0.15) is 27.2 Å². The molecular weight excluding hydrogens is 166 g/mol. The Morgan fingerprint density at radius 2 is 2.15 bits per heavy atom. The lowest BCUT2D eigenvalue weighted by Gasteiger charge is -2.16. The molecule has 0 amide bonds. The Kier molecular flexibility index (Phi) is 5.24. The van der Waals surface area contributed by atoms with Crippen molar-refractivity contribution in [3.8, 4) is 6.07 Å². The first-order valence-corrected chi connectivity index (χ1v) is 4.45. The summed E-state index contributed by atoms with van der Waals surface area (Å²) in [6.07, 6.45) is 0.693. The smallest absolute Gasteiger partial charge is 0.164 e. The first-order valence-electron chi connectivity index (χ1n) is 4.45. The highest BCUT2D eigenvalue weighted by atomic mass is 16.3. The summed E-state index contributed by atoms with van der Waals surface area (Å²) in [6.45, 7) is 6.09.